The van der Waals surface area contributed by atoms with Crippen molar-refractivity contribution in [1.29, 1.82) is 0 Å². The quantitative estimate of drug-likeness (QED) is 0.566. The smallest absolute Gasteiger partial charge is 0.217 e. The zero-order chi connectivity index (χ0) is 8.53. The summed E-state index contributed by atoms with van der Waals surface area (Å²) in [5.41, 5.74) is 4.92. The minimum atomic E-state index is -0.277. The molecule has 0 spiro atoms. The van der Waals surface area contributed by atoms with Crippen molar-refractivity contribution in [3.8, 4) is 0 Å². The molecular weight excluding hydrogens is 142 g/mol. The third kappa shape index (κ3) is 9.43. The Morgan fingerprint density at radius 3 is 2.91 bits per heavy atom. The summed E-state index contributed by atoms with van der Waals surface area (Å²) in [6, 6.07) is 0. The Labute approximate surface area is 67.9 Å². The van der Waals surface area contributed by atoms with Gasteiger partial charge < -0.3 is 10.5 Å². The summed E-state index contributed by atoms with van der Waals surface area (Å²) in [7, 11) is 0. The molecule has 0 saturated heterocycles. The highest BCUT2D eigenvalue weighted by Crippen LogP contribution is 1.96. The van der Waals surface area contributed by atoms with Crippen LogP contribution in [0.15, 0.2) is 0 Å². The van der Waals surface area contributed by atoms with Gasteiger partial charge in [-0.3, -0.25) is 4.79 Å². The maximum atomic E-state index is 10.2. The van der Waals surface area contributed by atoms with Crippen LogP contribution < -0.4 is 5.73 Å². The van der Waals surface area contributed by atoms with Crippen molar-refractivity contribution >= 4 is 5.91 Å². The number of hydrogen-bond donors (Lipinski definition) is 1. The van der Waals surface area contributed by atoms with E-state index in [1.54, 1.807) is 6.61 Å². The first-order chi connectivity index (χ1) is 5.27. The Hall–Kier alpha value is -0.570. The molecular formula is C8H16NO2. The van der Waals surface area contributed by atoms with Crippen molar-refractivity contribution in [2.45, 2.75) is 32.6 Å². The topological polar surface area (TPSA) is 52.3 Å². The van der Waals surface area contributed by atoms with E-state index in [1.807, 2.05) is 0 Å². The number of ether oxygens (including phenoxy) is 1. The van der Waals surface area contributed by atoms with Crippen LogP contribution >= 0.6 is 0 Å². The molecule has 1 amide bonds. The fourth-order valence-corrected chi connectivity index (χ4v) is 0.596. The van der Waals surface area contributed by atoms with Crippen LogP contribution in [0.2, 0.25) is 0 Å². The highest BCUT2D eigenvalue weighted by atomic mass is 16.5. The zero-order valence-electron chi connectivity index (χ0n) is 7.01. The van der Waals surface area contributed by atoms with Crippen molar-refractivity contribution in [2.75, 3.05) is 6.61 Å². The average Bonchev–Trinajstić information content (AvgIpc) is 1.96. The van der Waals surface area contributed by atoms with Gasteiger partial charge in [0.15, 0.2) is 0 Å². The number of hydrogen-bond acceptors (Lipinski definition) is 2. The molecule has 1 radical (unpaired) electrons. The second kappa shape index (κ2) is 7.54. The average molecular weight is 158 g/mol. The normalized spacial score (nSPS) is 9.91. The molecule has 0 aromatic heterocycles. The highest BCUT2D eigenvalue weighted by molar-refractivity contribution is 5.73. The van der Waals surface area contributed by atoms with Crippen molar-refractivity contribution in [3.05, 3.63) is 6.61 Å². The van der Waals surface area contributed by atoms with Crippen LogP contribution in [0.1, 0.15) is 32.6 Å². The number of rotatable bonds is 7. The van der Waals surface area contributed by atoms with Gasteiger partial charge in [0.25, 0.3) is 0 Å². The molecule has 0 aliphatic heterocycles. The third-order valence-corrected chi connectivity index (χ3v) is 1.24. The molecule has 0 fully saturated rings. The lowest BCUT2D eigenvalue weighted by Gasteiger charge is -1.99. The van der Waals surface area contributed by atoms with Crippen LogP contribution in [-0.4, -0.2) is 12.5 Å². The van der Waals surface area contributed by atoms with E-state index in [4.69, 9.17) is 10.5 Å². The molecule has 3 heteroatoms. The summed E-state index contributed by atoms with van der Waals surface area (Å²) in [5, 5.41) is 0. The summed E-state index contributed by atoms with van der Waals surface area (Å²) >= 11 is 0. The summed E-state index contributed by atoms with van der Waals surface area (Å²) in [6.07, 6.45) is 3.20. The fraction of sp³-hybridized carbons (Fsp3) is 0.750. The molecule has 0 heterocycles. The zero-order valence-corrected chi connectivity index (χ0v) is 7.01. The van der Waals surface area contributed by atoms with Crippen molar-refractivity contribution in [2.24, 2.45) is 5.73 Å². The maximum absolute atomic E-state index is 10.2. The first kappa shape index (κ1) is 10.4. The standard InChI is InChI=1S/C8H16NO2/c1-2-3-6-11-7-4-5-8(9)10/h7H,2-6H2,1H3,(H2,9,10). The molecule has 0 aliphatic carbocycles. The first-order valence-electron chi connectivity index (χ1n) is 3.99. The van der Waals surface area contributed by atoms with E-state index in [9.17, 15) is 4.79 Å². The predicted molar refractivity (Wildman–Crippen MR) is 43.6 cm³/mol. The van der Waals surface area contributed by atoms with E-state index in [0.29, 0.717) is 12.8 Å². The van der Waals surface area contributed by atoms with E-state index < -0.39 is 0 Å². The van der Waals surface area contributed by atoms with Gasteiger partial charge in [-0.05, 0) is 12.8 Å². The molecule has 3 nitrogen and oxygen atoms in total. The molecule has 0 saturated carbocycles. The lowest BCUT2D eigenvalue weighted by atomic mass is 10.3. The molecule has 0 aromatic carbocycles. The predicted octanol–water partition coefficient (Wildman–Crippen LogP) is 1.23. The SMILES string of the molecule is CCCCO[CH]CCC(N)=O. The maximum Gasteiger partial charge on any atom is 0.217 e. The number of unbranched alkanes of at least 4 members (excludes halogenated alkanes) is 1. The van der Waals surface area contributed by atoms with Gasteiger partial charge >= 0.3 is 0 Å². The second-order valence-electron chi connectivity index (χ2n) is 2.40. The summed E-state index contributed by atoms with van der Waals surface area (Å²) < 4.78 is 5.09. The van der Waals surface area contributed by atoms with Gasteiger partial charge in [0.2, 0.25) is 5.91 Å². The minimum Gasteiger partial charge on any atom is -0.376 e. The largest absolute Gasteiger partial charge is 0.376 e. The molecule has 0 rings (SSSR count). The van der Waals surface area contributed by atoms with Gasteiger partial charge in [0.1, 0.15) is 0 Å². The first-order valence-corrected chi connectivity index (χ1v) is 3.99. The van der Waals surface area contributed by atoms with Crippen LogP contribution in [0.3, 0.4) is 0 Å². The van der Waals surface area contributed by atoms with Crippen LogP contribution in [0, 0.1) is 6.61 Å². The number of nitrogens with two attached hydrogens (primary N) is 1. The van der Waals surface area contributed by atoms with E-state index >= 15 is 0 Å². The molecule has 0 aromatic rings. The van der Waals surface area contributed by atoms with Gasteiger partial charge in [-0.1, -0.05) is 13.3 Å². The Morgan fingerprint density at radius 2 is 2.36 bits per heavy atom. The second-order valence-corrected chi connectivity index (χ2v) is 2.40. The third-order valence-electron chi connectivity index (χ3n) is 1.24. The summed E-state index contributed by atoms with van der Waals surface area (Å²) in [6.45, 7) is 4.50. The lowest BCUT2D eigenvalue weighted by molar-refractivity contribution is -0.118. The van der Waals surface area contributed by atoms with Gasteiger partial charge in [0.05, 0.1) is 6.61 Å². The van der Waals surface area contributed by atoms with Gasteiger partial charge in [-0.15, -0.1) is 0 Å². The molecule has 0 unspecified atom stereocenters. The monoisotopic (exact) mass is 158 g/mol. The summed E-state index contributed by atoms with van der Waals surface area (Å²) in [5.74, 6) is -0.277. The van der Waals surface area contributed by atoms with Gasteiger partial charge in [-0.2, -0.15) is 0 Å². The van der Waals surface area contributed by atoms with E-state index in [0.717, 1.165) is 19.4 Å². The van der Waals surface area contributed by atoms with Gasteiger partial charge in [0, 0.05) is 13.0 Å². The van der Waals surface area contributed by atoms with Crippen molar-refractivity contribution in [1.82, 2.24) is 0 Å². The molecule has 0 bridgehead atoms. The number of amides is 1. The molecule has 0 atom stereocenters. The van der Waals surface area contributed by atoms with Crippen LogP contribution in [0.25, 0.3) is 0 Å². The highest BCUT2D eigenvalue weighted by Gasteiger charge is 1.93. The number of carbonyl (C=O) groups excluding carboxylic acids is 1. The summed E-state index contributed by atoms with van der Waals surface area (Å²) in [4.78, 5) is 10.2. The van der Waals surface area contributed by atoms with E-state index in [-0.39, 0.29) is 5.91 Å². The van der Waals surface area contributed by atoms with Crippen molar-refractivity contribution in [3.63, 3.8) is 0 Å². The van der Waals surface area contributed by atoms with E-state index in [2.05, 4.69) is 6.92 Å². The molecule has 11 heavy (non-hydrogen) atoms. The van der Waals surface area contributed by atoms with Gasteiger partial charge in [-0.25, -0.2) is 0 Å². The fourth-order valence-electron chi connectivity index (χ4n) is 0.596. The van der Waals surface area contributed by atoms with Crippen LogP contribution in [0.4, 0.5) is 0 Å². The Kier molecular flexibility index (Phi) is 7.15. The Balaban J connectivity index is 2.85. The number of carbonyl (C=O) groups is 1. The van der Waals surface area contributed by atoms with Crippen LogP contribution in [-0.2, 0) is 9.53 Å². The molecule has 65 valence electrons. The Morgan fingerprint density at radius 1 is 1.64 bits per heavy atom. The van der Waals surface area contributed by atoms with Crippen LogP contribution in [0.5, 0.6) is 0 Å². The van der Waals surface area contributed by atoms with Crippen molar-refractivity contribution < 1.29 is 9.53 Å². The molecule has 2 N–H and O–H groups in total. The molecule has 0 aliphatic rings. The number of primary amides is 1. The Bertz CT molecular complexity index is 104. The minimum absolute atomic E-state index is 0.277. The van der Waals surface area contributed by atoms with E-state index in [1.165, 1.54) is 0 Å². The lowest BCUT2D eigenvalue weighted by Crippen LogP contribution is -2.10.